The van der Waals surface area contributed by atoms with Crippen LogP contribution in [0, 0.1) is 0 Å². The van der Waals surface area contributed by atoms with Gasteiger partial charge in [-0.2, -0.15) is 0 Å². The van der Waals surface area contributed by atoms with Crippen LogP contribution >= 0.6 is 11.3 Å². The lowest BCUT2D eigenvalue weighted by Gasteiger charge is -2.01. The second-order valence-corrected chi connectivity index (χ2v) is 5.05. The molecule has 5 nitrogen and oxygen atoms in total. The number of aromatic amines is 1. The molecule has 0 atom stereocenters. The first-order valence-corrected chi connectivity index (χ1v) is 6.54. The third kappa shape index (κ3) is 1.49. The van der Waals surface area contributed by atoms with Crippen LogP contribution in [-0.4, -0.2) is 14.5 Å². The fraction of sp³-hybridized carbons (Fsp3) is 0.250. The lowest BCUT2D eigenvalue weighted by atomic mass is 10.3. The van der Waals surface area contributed by atoms with Crippen LogP contribution < -0.4 is 11.2 Å². The molecule has 0 fully saturated rings. The predicted octanol–water partition coefficient (Wildman–Crippen LogP) is 1.71. The minimum atomic E-state index is -0.349. The Hall–Kier alpha value is -1.95. The van der Waals surface area contributed by atoms with Crippen LogP contribution in [0.15, 0.2) is 27.9 Å². The van der Waals surface area contributed by atoms with E-state index in [0.29, 0.717) is 16.8 Å². The van der Waals surface area contributed by atoms with Gasteiger partial charge in [-0.25, -0.2) is 9.78 Å². The summed E-state index contributed by atoms with van der Waals surface area (Å²) in [6.45, 7) is 2.37. The molecule has 0 aromatic carbocycles. The lowest BCUT2D eigenvalue weighted by molar-refractivity contribution is 0.624. The highest BCUT2D eigenvalue weighted by molar-refractivity contribution is 7.25. The van der Waals surface area contributed by atoms with Gasteiger partial charge >= 0.3 is 5.69 Å². The highest BCUT2D eigenvalue weighted by atomic mass is 32.1. The first-order chi connectivity index (χ1) is 8.72. The van der Waals surface area contributed by atoms with E-state index in [1.54, 1.807) is 12.3 Å². The van der Waals surface area contributed by atoms with Crippen LogP contribution in [0.3, 0.4) is 0 Å². The first-order valence-electron chi connectivity index (χ1n) is 5.72. The molecule has 0 aliphatic carbocycles. The number of H-pyrrole nitrogens is 1. The van der Waals surface area contributed by atoms with E-state index < -0.39 is 0 Å². The zero-order valence-corrected chi connectivity index (χ0v) is 10.6. The molecule has 3 rings (SSSR count). The average Bonchev–Trinajstić information content (AvgIpc) is 2.74. The summed E-state index contributed by atoms with van der Waals surface area (Å²) >= 11 is 1.32. The summed E-state index contributed by atoms with van der Waals surface area (Å²) in [5.74, 6) is 0. The van der Waals surface area contributed by atoms with Crippen molar-refractivity contribution in [3.8, 4) is 0 Å². The molecule has 3 heterocycles. The molecule has 0 spiro atoms. The van der Waals surface area contributed by atoms with Crippen molar-refractivity contribution in [2.45, 2.75) is 19.9 Å². The number of nitrogens with one attached hydrogen (secondary N) is 1. The SMILES string of the molecule is CCCn1c(=O)[nH]c2c(sc3ncccc32)c1=O. The predicted molar refractivity (Wildman–Crippen MR) is 72.3 cm³/mol. The second-order valence-electron chi connectivity index (χ2n) is 4.05. The maximum Gasteiger partial charge on any atom is 0.328 e. The summed E-state index contributed by atoms with van der Waals surface area (Å²) in [6.07, 6.45) is 2.43. The molecule has 0 radical (unpaired) electrons. The van der Waals surface area contributed by atoms with Crippen LogP contribution in [0.25, 0.3) is 20.4 Å². The monoisotopic (exact) mass is 261 g/mol. The summed E-state index contributed by atoms with van der Waals surface area (Å²) in [5.41, 5.74) is 0.0296. The van der Waals surface area contributed by atoms with Crippen molar-refractivity contribution in [1.82, 2.24) is 14.5 Å². The van der Waals surface area contributed by atoms with Gasteiger partial charge in [0.15, 0.2) is 0 Å². The number of fused-ring (bicyclic) bond motifs is 3. The van der Waals surface area contributed by atoms with Gasteiger partial charge in [-0.3, -0.25) is 9.36 Å². The fourth-order valence-corrected chi connectivity index (χ4v) is 3.07. The molecule has 0 unspecified atom stereocenters. The number of pyridine rings is 1. The number of nitrogens with zero attached hydrogens (tertiary/aromatic N) is 2. The van der Waals surface area contributed by atoms with Gasteiger partial charge < -0.3 is 4.98 Å². The van der Waals surface area contributed by atoms with Crippen molar-refractivity contribution < 1.29 is 0 Å². The van der Waals surface area contributed by atoms with Gasteiger partial charge in [0.1, 0.15) is 9.53 Å². The van der Waals surface area contributed by atoms with Crippen LogP contribution in [0.2, 0.25) is 0 Å². The summed E-state index contributed by atoms with van der Waals surface area (Å²) in [6, 6.07) is 3.66. The zero-order chi connectivity index (χ0) is 12.7. The lowest BCUT2D eigenvalue weighted by Crippen LogP contribution is -2.34. The van der Waals surface area contributed by atoms with Crippen LogP contribution in [0.1, 0.15) is 13.3 Å². The maximum atomic E-state index is 12.2. The quantitative estimate of drug-likeness (QED) is 0.763. The van der Waals surface area contributed by atoms with Crippen LogP contribution in [-0.2, 0) is 6.54 Å². The Labute approximate surface area is 106 Å². The van der Waals surface area contributed by atoms with Crippen LogP contribution in [0.4, 0.5) is 0 Å². The number of aromatic nitrogens is 3. The molecule has 0 saturated heterocycles. The van der Waals surface area contributed by atoms with Gasteiger partial charge in [0, 0.05) is 18.1 Å². The highest BCUT2D eigenvalue weighted by Gasteiger charge is 2.13. The van der Waals surface area contributed by atoms with E-state index in [2.05, 4.69) is 9.97 Å². The van der Waals surface area contributed by atoms with Crippen LogP contribution in [0.5, 0.6) is 0 Å². The summed E-state index contributed by atoms with van der Waals surface area (Å²) in [4.78, 5) is 31.9. The Morgan fingerprint density at radius 3 is 3.06 bits per heavy atom. The third-order valence-electron chi connectivity index (χ3n) is 2.83. The van der Waals surface area contributed by atoms with Gasteiger partial charge in [0.25, 0.3) is 5.56 Å². The fourth-order valence-electron chi connectivity index (χ4n) is 2.02. The van der Waals surface area contributed by atoms with E-state index in [1.807, 2.05) is 13.0 Å². The third-order valence-corrected chi connectivity index (χ3v) is 3.93. The molecule has 3 aromatic rings. The number of rotatable bonds is 2. The molecule has 6 heteroatoms. The number of hydrogen-bond donors (Lipinski definition) is 1. The van der Waals surface area contributed by atoms with Gasteiger partial charge in [-0.15, -0.1) is 11.3 Å². The van der Waals surface area contributed by atoms with Crippen molar-refractivity contribution in [1.29, 1.82) is 0 Å². The topological polar surface area (TPSA) is 67.8 Å². The van der Waals surface area contributed by atoms with Crippen molar-refractivity contribution in [3.63, 3.8) is 0 Å². The van der Waals surface area contributed by atoms with Crippen molar-refractivity contribution >= 4 is 31.8 Å². The Morgan fingerprint density at radius 2 is 2.28 bits per heavy atom. The molecule has 0 amide bonds. The van der Waals surface area contributed by atoms with E-state index in [1.165, 1.54) is 15.9 Å². The van der Waals surface area contributed by atoms with Gasteiger partial charge in [0.05, 0.1) is 5.52 Å². The van der Waals surface area contributed by atoms with Crippen molar-refractivity contribution in [3.05, 3.63) is 39.2 Å². The number of hydrogen-bond acceptors (Lipinski definition) is 4. The molecule has 0 aliphatic rings. The molecule has 18 heavy (non-hydrogen) atoms. The molecule has 0 aliphatic heterocycles. The van der Waals surface area contributed by atoms with E-state index in [9.17, 15) is 9.59 Å². The standard InChI is InChI=1S/C12H11N3O2S/c1-2-6-15-11(16)9-8(14-12(15)17)7-4-3-5-13-10(7)18-9/h3-5H,2,6H2,1H3,(H,14,17). The molecule has 3 aromatic heterocycles. The molecule has 0 saturated carbocycles. The Morgan fingerprint density at radius 1 is 1.44 bits per heavy atom. The van der Waals surface area contributed by atoms with Gasteiger partial charge in [-0.05, 0) is 18.6 Å². The summed E-state index contributed by atoms with van der Waals surface area (Å²) in [7, 11) is 0. The largest absolute Gasteiger partial charge is 0.328 e. The van der Waals surface area contributed by atoms with Gasteiger partial charge in [-0.1, -0.05) is 6.92 Å². The normalized spacial score (nSPS) is 11.4. The summed E-state index contributed by atoms with van der Waals surface area (Å²) in [5, 5.41) is 0.829. The maximum absolute atomic E-state index is 12.2. The molecule has 92 valence electrons. The van der Waals surface area contributed by atoms with E-state index in [-0.39, 0.29) is 11.2 Å². The molecule has 0 bridgehead atoms. The van der Waals surface area contributed by atoms with Gasteiger partial charge in [0.2, 0.25) is 0 Å². The Balaban J connectivity index is 2.50. The van der Waals surface area contributed by atoms with Crippen molar-refractivity contribution in [2.75, 3.05) is 0 Å². The zero-order valence-electron chi connectivity index (χ0n) is 9.77. The molecule has 1 N–H and O–H groups in total. The minimum absolute atomic E-state index is 0.224. The number of thiophene rings is 1. The Kier molecular flexibility index (Phi) is 2.52. The molecular formula is C12H11N3O2S. The minimum Gasteiger partial charge on any atom is -0.305 e. The Bertz CT molecular complexity index is 844. The molecular weight excluding hydrogens is 250 g/mol. The summed E-state index contributed by atoms with van der Waals surface area (Å²) < 4.78 is 1.81. The van der Waals surface area contributed by atoms with E-state index >= 15 is 0 Å². The smallest absolute Gasteiger partial charge is 0.305 e. The van der Waals surface area contributed by atoms with E-state index in [0.717, 1.165) is 16.6 Å². The highest BCUT2D eigenvalue weighted by Crippen LogP contribution is 2.27. The first kappa shape index (κ1) is 11.2. The van der Waals surface area contributed by atoms with Crippen molar-refractivity contribution in [2.24, 2.45) is 0 Å². The van der Waals surface area contributed by atoms with E-state index in [4.69, 9.17) is 0 Å². The second kappa shape index (κ2) is 4.06. The average molecular weight is 261 g/mol.